The van der Waals surface area contributed by atoms with Crippen LogP contribution in [-0.2, 0) is 9.59 Å². The van der Waals surface area contributed by atoms with E-state index in [-0.39, 0.29) is 17.9 Å². The third-order valence-electron chi connectivity index (χ3n) is 3.53. The Morgan fingerprint density at radius 3 is 1.94 bits per heavy atom. The topological polar surface area (TPSA) is 66.4 Å². The molecular formula is C14H27NO3. The van der Waals surface area contributed by atoms with Crippen molar-refractivity contribution >= 4 is 11.9 Å². The standard InChI is InChI=1S/C14H27NO3/c1-6-14(7-2,12(17)18)10-15-11(16)8-9-13(3,4)5/h6-10H2,1-5H3,(H,15,16)(H,17,18). The molecule has 0 fully saturated rings. The van der Waals surface area contributed by atoms with Crippen LogP contribution in [0.3, 0.4) is 0 Å². The van der Waals surface area contributed by atoms with E-state index in [9.17, 15) is 14.7 Å². The van der Waals surface area contributed by atoms with E-state index in [0.29, 0.717) is 19.3 Å². The smallest absolute Gasteiger partial charge is 0.311 e. The van der Waals surface area contributed by atoms with Crippen molar-refractivity contribution in [2.45, 2.75) is 60.3 Å². The first kappa shape index (κ1) is 16.9. The van der Waals surface area contributed by atoms with Gasteiger partial charge in [0.2, 0.25) is 5.91 Å². The van der Waals surface area contributed by atoms with Crippen LogP contribution in [0.25, 0.3) is 0 Å². The molecule has 4 nitrogen and oxygen atoms in total. The fourth-order valence-electron chi connectivity index (χ4n) is 1.72. The average molecular weight is 257 g/mol. The zero-order chi connectivity index (χ0) is 14.4. The molecule has 0 atom stereocenters. The number of hydrogen-bond donors (Lipinski definition) is 2. The van der Waals surface area contributed by atoms with Crippen molar-refractivity contribution < 1.29 is 14.7 Å². The third-order valence-corrected chi connectivity index (χ3v) is 3.53. The van der Waals surface area contributed by atoms with Crippen LogP contribution in [0.2, 0.25) is 0 Å². The van der Waals surface area contributed by atoms with Gasteiger partial charge >= 0.3 is 5.97 Å². The summed E-state index contributed by atoms with van der Waals surface area (Å²) in [6, 6.07) is 0. The minimum Gasteiger partial charge on any atom is -0.481 e. The van der Waals surface area contributed by atoms with Gasteiger partial charge in [-0.3, -0.25) is 9.59 Å². The number of carboxylic acid groups (broad SMARTS) is 1. The van der Waals surface area contributed by atoms with Crippen LogP contribution < -0.4 is 5.32 Å². The molecule has 0 aromatic rings. The minimum absolute atomic E-state index is 0.0579. The second kappa shape index (κ2) is 6.76. The summed E-state index contributed by atoms with van der Waals surface area (Å²) in [6.45, 7) is 10.2. The second-order valence-corrected chi connectivity index (χ2v) is 6.13. The highest BCUT2D eigenvalue weighted by molar-refractivity contribution is 5.79. The van der Waals surface area contributed by atoms with Crippen molar-refractivity contribution in [3.63, 3.8) is 0 Å². The molecule has 2 N–H and O–H groups in total. The number of hydrogen-bond acceptors (Lipinski definition) is 2. The van der Waals surface area contributed by atoms with Crippen LogP contribution in [0.1, 0.15) is 60.3 Å². The molecular weight excluding hydrogens is 230 g/mol. The van der Waals surface area contributed by atoms with Gasteiger partial charge in [0.15, 0.2) is 0 Å². The van der Waals surface area contributed by atoms with Gasteiger partial charge in [-0.15, -0.1) is 0 Å². The van der Waals surface area contributed by atoms with Gasteiger partial charge in [0.25, 0.3) is 0 Å². The molecule has 0 spiro atoms. The summed E-state index contributed by atoms with van der Waals surface area (Å²) in [6.07, 6.45) is 2.31. The van der Waals surface area contributed by atoms with Crippen LogP contribution in [0.15, 0.2) is 0 Å². The number of carbonyl (C=O) groups excluding carboxylic acids is 1. The fraction of sp³-hybridized carbons (Fsp3) is 0.857. The van der Waals surface area contributed by atoms with Crippen LogP contribution in [-0.4, -0.2) is 23.5 Å². The predicted molar refractivity (Wildman–Crippen MR) is 72.3 cm³/mol. The second-order valence-electron chi connectivity index (χ2n) is 6.13. The number of carbonyl (C=O) groups is 2. The van der Waals surface area contributed by atoms with E-state index in [2.05, 4.69) is 26.1 Å². The first-order chi connectivity index (χ1) is 8.17. The van der Waals surface area contributed by atoms with Crippen molar-refractivity contribution in [2.24, 2.45) is 10.8 Å². The van der Waals surface area contributed by atoms with E-state index in [1.165, 1.54) is 0 Å². The van der Waals surface area contributed by atoms with Gasteiger partial charge in [-0.25, -0.2) is 0 Å². The average Bonchev–Trinajstić information content (AvgIpc) is 2.27. The van der Waals surface area contributed by atoms with Gasteiger partial charge in [0.05, 0.1) is 5.41 Å². The maximum Gasteiger partial charge on any atom is 0.311 e. The molecule has 1 amide bonds. The largest absolute Gasteiger partial charge is 0.481 e. The van der Waals surface area contributed by atoms with Crippen LogP contribution in [0.4, 0.5) is 0 Å². The van der Waals surface area contributed by atoms with E-state index in [4.69, 9.17) is 0 Å². The van der Waals surface area contributed by atoms with Gasteiger partial charge < -0.3 is 10.4 Å². The normalized spacial score (nSPS) is 12.3. The van der Waals surface area contributed by atoms with E-state index < -0.39 is 11.4 Å². The van der Waals surface area contributed by atoms with E-state index in [1.54, 1.807) is 0 Å². The lowest BCUT2D eigenvalue weighted by molar-refractivity contribution is -0.149. The van der Waals surface area contributed by atoms with Crippen molar-refractivity contribution in [3.8, 4) is 0 Å². The Hall–Kier alpha value is -1.06. The van der Waals surface area contributed by atoms with E-state index in [1.807, 2.05) is 13.8 Å². The van der Waals surface area contributed by atoms with Crippen LogP contribution in [0, 0.1) is 10.8 Å². The molecule has 0 saturated carbocycles. The van der Waals surface area contributed by atoms with Crippen molar-refractivity contribution in [1.82, 2.24) is 5.32 Å². The summed E-state index contributed by atoms with van der Waals surface area (Å²) in [5.41, 5.74) is -0.700. The molecule has 0 heterocycles. The van der Waals surface area contributed by atoms with Crippen molar-refractivity contribution in [2.75, 3.05) is 6.54 Å². The summed E-state index contributed by atoms with van der Waals surface area (Å²) in [7, 11) is 0. The summed E-state index contributed by atoms with van der Waals surface area (Å²) in [5, 5.41) is 12.0. The Morgan fingerprint density at radius 2 is 1.61 bits per heavy atom. The molecule has 0 saturated heterocycles. The molecule has 0 radical (unpaired) electrons. The van der Waals surface area contributed by atoms with Crippen molar-refractivity contribution in [1.29, 1.82) is 0 Å². The lowest BCUT2D eigenvalue weighted by Crippen LogP contribution is -2.42. The molecule has 0 rings (SSSR count). The summed E-state index contributed by atoms with van der Waals surface area (Å²) >= 11 is 0. The highest BCUT2D eigenvalue weighted by atomic mass is 16.4. The number of aliphatic carboxylic acids is 1. The Labute approximate surface area is 110 Å². The van der Waals surface area contributed by atoms with E-state index >= 15 is 0 Å². The Morgan fingerprint density at radius 1 is 1.11 bits per heavy atom. The predicted octanol–water partition coefficient (Wildman–Crippen LogP) is 2.82. The SMILES string of the molecule is CCC(CC)(CNC(=O)CCC(C)(C)C)C(=O)O. The number of carboxylic acids is 1. The van der Waals surface area contributed by atoms with Gasteiger partial charge in [-0.05, 0) is 24.7 Å². The summed E-state index contributed by atoms with van der Waals surface area (Å²) < 4.78 is 0. The molecule has 4 heteroatoms. The Balaban J connectivity index is 4.29. The van der Waals surface area contributed by atoms with Gasteiger partial charge in [0.1, 0.15) is 0 Å². The Bertz CT molecular complexity index is 288. The molecule has 0 aromatic carbocycles. The van der Waals surface area contributed by atoms with E-state index in [0.717, 1.165) is 6.42 Å². The van der Waals surface area contributed by atoms with Crippen LogP contribution in [0.5, 0.6) is 0 Å². The molecule has 0 unspecified atom stereocenters. The first-order valence-corrected chi connectivity index (χ1v) is 6.67. The number of amides is 1. The molecule has 0 aromatic heterocycles. The number of rotatable bonds is 7. The van der Waals surface area contributed by atoms with Crippen LogP contribution >= 0.6 is 0 Å². The van der Waals surface area contributed by atoms with Crippen molar-refractivity contribution in [3.05, 3.63) is 0 Å². The molecule has 0 bridgehead atoms. The monoisotopic (exact) mass is 257 g/mol. The lowest BCUT2D eigenvalue weighted by Gasteiger charge is -2.27. The molecule has 0 aliphatic heterocycles. The summed E-state index contributed by atoms with van der Waals surface area (Å²) in [4.78, 5) is 22.9. The molecule has 106 valence electrons. The molecule has 0 aliphatic carbocycles. The molecule has 0 aliphatic rings. The van der Waals surface area contributed by atoms with Gasteiger partial charge in [-0.1, -0.05) is 34.6 Å². The third kappa shape index (κ3) is 5.52. The highest BCUT2D eigenvalue weighted by Crippen LogP contribution is 2.26. The maximum atomic E-state index is 11.7. The lowest BCUT2D eigenvalue weighted by atomic mass is 9.82. The zero-order valence-electron chi connectivity index (χ0n) is 12.3. The zero-order valence-corrected chi connectivity index (χ0v) is 12.3. The number of nitrogens with one attached hydrogen (secondary N) is 1. The Kier molecular flexibility index (Phi) is 6.36. The fourth-order valence-corrected chi connectivity index (χ4v) is 1.72. The van der Waals surface area contributed by atoms with Gasteiger partial charge in [0, 0.05) is 13.0 Å². The highest BCUT2D eigenvalue weighted by Gasteiger charge is 2.35. The minimum atomic E-state index is -0.830. The van der Waals surface area contributed by atoms with Gasteiger partial charge in [-0.2, -0.15) is 0 Å². The summed E-state index contributed by atoms with van der Waals surface area (Å²) in [5.74, 6) is -0.888. The quantitative estimate of drug-likeness (QED) is 0.737. The maximum absolute atomic E-state index is 11.7. The first-order valence-electron chi connectivity index (χ1n) is 6.67. The molecule has 18 heavy (non-hydrogen) atoms.